The quantitative estimate of drug-likeness (QED) is 0.184. The molecule has 2 heterocycles. The first kappa shape index (κ1) is 27.1. The lowest BCUT2D eigenvalue weighted by atomic mass is 9.94. The molecule has 8 nitrogen and oxygen atoms in total. The Hall–Kier alpha value is -4.47. The fourth-order valence-electron chi connectivity index (χ4n) is 4.61. The molecule has 206 valence electrons. The number of para-hydroxylation sites is 1. The number of hydrogen-bond donors (Lipinski definition) is 4. The number of aromatic nitrogens is 2. The summed E-state index contributed by atoms with van der Waals surface area (Å²) in [4.78, 5) is 18.4. The maximum atomic E-state index is 14.4. The van der Waals surface area contributed by atoms with E-state index in [9.17, 15) is 14.3 Å². The van der Waals surface area contributed by atoms with E-state index in [1.54, 1.807) is 18.2 Å². The van der Waals surface area contributed by atoms with Gasteiger partial charge in [0.2, 0.25) is 11.8 Å². The van der Waals surface area contributed by atoms with Crippen LogP contribution in [0, 0.1) is 5.82 Å². The molecule has 0 spiro atoms. The Bertz CT molecular complexity index is 1630. The molecule has 0 fully saturated rings. The van der Waals surface area contributed by atoms with Crippen molar-refractivity contribution < 1.29 is 23.8 Å². The Morgan fingerprint density at radius 2 is 1.88 bits per heavy atom. The second-order valence-electron chi connectivity index (χ2n) is 10.4. The molecular weight excluding hydrogens is 511 g/mol. The van der Waals surface area contributed by atoms with E-state index >= 15 is 0 Å². The van der Waals surface area contributed by atoms with E-state index in [-0.39, 0.29) is 18.0 Å². The van der Waals surface area contributed by atoms with E-state index in [0.717, 1.165) is 16.5 Å². The van der Waals surface area contributed by atoms with Crippen LogP contribution < -0.4 is 20.5 Å². The van der Waals surface area contributed by atoms with E-state index in [2.05, 4.69) is 29.1 Å². The highest BCUT2D eigenvalue weighted by atomic mass is 19.1. The predicted octanol–water partition coefficient (Wildman–Crippen LogP) is 5.10. The SMILES string of the molecule is CC(C)(Cc1ccc(Oc2ccc(C(N)=O)cn2)cc1)NCC(O)COc1ccc(F)c2[nH]c3ccccc3c12. The third-order valence-corrected chi connectivity index (χ3v) is 6.63. The topological polar surface area (TPSA) is 122 Å². The van der Waals surface area contributed by atoms with Gasteiger partial charge in [0, 0.05) is 35.2 Å². The lowest BCUT2D eigenvalue weighted by Gasteiger charge is -2.28. The maximum Gasteiger partial charge on any atom is 0.250 e. The Labute approximate surface area is 230 Å². The van der Waals surface area contributed by atoms with Gasteiger partial charge in [-0.2, -0.15) is 0 Å². The van der Waals surface area contributed by atoms with Crippen LogP contribution in [-0.4, -0.2) is 45.8 Å². The van der Waals surface area contributed by atoms with Gasteiger partial charge in [-0.1, -0.05) is 30.3 Å². The van der Waals surface area contributed by atoms with Crippen molar-refractivity contribution in [2.75, 3.05) is 13.2 Å². The van der Waals surface area contributed by atoms with Crippen molar-refractivity contribution in [2.24, 2.45) is 5.73 Å². The van der Waals surface area contributed by atoms with E-state index in [1.807, 2.05) is 48.5 Å². The fraction of sp³-hybridized carbons (Fsp3) is 0.226. The predicted molar refractivity (Wildman–Crippen MR) is 152 cm³/mol. The average molecular weight is 543 g/mol. The minimum Gasteiger partial charge on any atom is -0.490 e. The molecule has 5 rings (SSSR count). The lowest BCUT2D eigenvalue weighted by molar-refractivity contribution is 0.0995. The summed E-state index contributed by atoms with van der Waals surface area (Å²) in [6.45, 7) is 4.50. The molecule has 0 aliphatic heterocycles. The number of pyridine rings is 1. The summed E-state index contributed by atoms with van der Waals surface area (Å²) in [5.74, 6) is 0.610. The summed E-state index contributed by atoms with van der Waals surface area (Å²) in [6.07, 6.45) is 1.32. The van der Waals surface area contributed by atoms with Crippen molar-refractivity contribution in [1.82, 2.24) is 15.3 Å². The highest BCUT2D eigenvalue weighted by Gasteiger charge is 2.20. The number of halogens is 1. The van der Waals surface area contributed by atoms with Crippen LogP contribution >= 0.6 is 0 Å². The van der Waals surface area contributed by atoms with Crippen molar-refractivity contribution in [2.45, 2.75) is 31.9 Å². The summed E-state index contributed by atoms with van der Waals surface area (Å²) in [7, 11) is 0. The van der Waals surface area contributed by atoms with Crippen LogP contribution in [-0.2, 0) is 6.42 Å². The first-order chi connectivity index (χ1) is 19.2. The zero-order valence-electron chi connectivity index (χ0n) is 22.3. The summed E-state index contributed by atoms with van der Waals surface area (Å²) in [5.41, 5.74) is 7.54. The highest BCUT2D eigenvalue weighted by Crippen LogP contribution is 2.34. The molecule has 9 heteroatoms. The molecule has 5 aromatic rings. The van der Waals surface area contributed by atoms with E-state index in [4.69, 9.17) is 15.2 Å². The van der Waals surface area contributed by atoms with Gasteiger partial charge in [0.1, 0.15) is 30.0 Å². The number of hydrogen-bond acceptors (Lipinski definition) is 6. The summed E-state index contributed by atoms with van der Waals surface area (Å²) in [5, 5.41) is 15.6. The van der Waals surface area contributed by atoms with Crippen molar-refractivity contribution in [3.63, 3.8) is 0 Å². The summed E-state index contributed by atoms with van der Waals surface area (Å²) in [6, 6.07) is 21.4. The first-order valence-corrected chi connectivity index (χ1v) is 13.0. The van der Waals surface area contributed by atoms with Gasteiger partial charge in [-0.25, -0.2) is 9.37 Å². The number of benzene rings is 3. The molecule has 40 heavy (non-hydrogen) atoms. The molecule has 0 radical (unpaired) electrons. The molecule has 0 bridgehead atoms. The Morgan fingerprint density at radius 3 is 2.60 bits per heavy atom. The van der Waals surface area contributed by atoms with Crippen LogP contribution in [0.1, 0.15) is 29.8 Å². The number of H-pyrrole nitrogens is 1. The number of amides is 1. The van der Waals surface area contributed by atoms with Crippen LogP contribution in [0.3, 0.4) is 0 Å². The van der Waals surface area contributed by atoms with Gasteiger partial charge in [-0.3, -0.25) is 4.79 Å². The van der Waals surface area contributed by atoms with Crippen LogP contribution in [0.15, 0.2) is 79.0 Å². The third-order valence-electron chi connectivity index (χ3n) is 6.63. The number of primary amides is 1. The molecule has 0 saturated carbocycles. The van der Waals surface area contributed by atoms with Crippen LogP contribution in [0.2, 0.25) is 0 Å². The van der Waals surface area contributed by atoms with E-state index in [1.165, 1.54) is 12.3 Å². The first-order valence-electron chi connectivity index (χ1n) is 13.0. The zero-order chi connectivity index (χ0) is 28.3. The number of carbonyl (C=O) groups excluding carboxylic acids is 1. The van der Waals surface area contributed by atoms with Crippen molar-refractivity contribution >= 4 is 27.7 Å². The van der Waals surface area contributed by atoms with Crippen LogP contribution in [0.25, 0.3) is 21.8 Å². The normalized spacial score (nSPS) is 12.5. The number of nitrogens with zero attached hydrogens (tertiary/aromatic N) is 1. The molecule has 1 unspecified atom stereocenters. The monoisotopic (exact) mass is 542 g/mol. The van der Waals surface area contributed by atoms with Gasteiger partial charge in [-0.15, -0.1) is 0 Å². The zero-order valence-corrected chi connectivity index (χ0v) is 22.3. The van der Waals surface area contributed by atoms with Gasteiger partial charge < -0.3 is 30.6 Å². The Balaban J connectivity index is 1.14. The number of nitrogens with two attached hydrogens (primary N) is 1. The molecule has 0 aliphatic carbocycles. The summed E-state index contributed by atoms with van der Waals surface area (Å²) >= 11 is 0. The van der Waals surface area contributed by atoms with Gasteiger partial charge in [-0.05, 0) is 62.2 Å². The number of aliphatic hydroxyl groups is 1. The van der Waals surface area contributed by atoms with E-state index < -0.39 is 12.0 Å². The number of β-amino-alcohol motifs (C(OH)–C–C–N with tert-alkyl or cyclic N) is 1. The minimum absolute atomic E-state index is 0.0593. The molecule has 0 saturated heterocycles. The number of carbonyl (C=O) groups is 1. The molecular formula is C31H31FN4O4. The van der Waals surface area contributed by atoms with Gasteiger partial charge in [0.05, 0.1) is 16.5 Å². The van der Waals surface area contributed by atoms with Crippen molar-refractivity contribution in [3.05, 3.63) is 95.9 Å². The minimum atomic E-state index is -0.770. The molecule has 3 aromatic carbocycles. The third kappa shape index (κ3) is 6.22. The lowest BCUT2D eigenvalue weighted by Crippen LogP contribution is -2.46. The molecule has 2 aromatic heterocycles. The van der Waals surface area contributed by atoms with Gasteiger partial charge >= 0.3 is 0 Å². The number of rotatable bonds is 11. The van der Waals surface area contributed by atoms with Gasteiger partial charge in [0.15, 0.2) is 0 Å². The van der Waals surface area contributed by atoms with Gasteiger partial charge in [0.25, 0.3) is 0 Å². The van der Waals surface area contributed by atoms with Crippen LogP contribution in [0.4, 0.5) is 4.39 Å². The number of nitrogens with one attached hydrogen (secondary N) is 2. The van der Waals surface area contributed by atoms with E-state index in [0.29, 0.717) is 46.8 Å². The van der Waals surface area contributed by atoms with Crippen molar-refractivity contribution in [1.29, 1.82) is 0 Å². The number of fused-ring (bicyclic) bond motifs is 3. The summed E-state index contributed by atoms with van der Waals surface area (Å²) < 4.78 is 26.1. The second-order valence-corrected chi connectivity index (χ2v) is 10.4. The standard InChI is InChI=1S/C31H31FN4O4/c1-31(2,15-19-7-10-22(11-8-19)40-27-14-9-20(16-34-27)30(33)38)35-17-21(37)18-39-26-13-12-24(32)29-28(26)23-5-3-4-6-25(23)36-29/h3-14,16,21,35-37H,15,17-18H2,1-2H3,(H2,33,38). The fourth-order valence-corrected chi connectivity index (χ4v) is 4.61. The van der Waals surface area contributed by atoms with Crippen molar-refractivity contribution in [3.8, 4) is 17.4 Å². The Morgan fingerprint density at radius 1 is 1.10 bits per heavy atom. The largest absolute Gasteiger partial charge is 0.490 e. The molecule has 1 amide bonds. The molecule has 0 aliphatic rings. The Kier molecular flexibility index (Phi) is 7.68. The number of ether oxygens (including phenoxy) is 2. The smallest absolute Gasteiger partial charge is 0.250 e. The average Bonchev–Trinajstić information content (AvgIpc) is 3.34. The maximum absolute atomic E-state index is 14.4. The highest BCUT2D eigenvalue weighted by molar-refractivity contribution is 6.10. The molecule has 5 N–H and O–H groups in total. The second kappa shape index (κ2) is 11.3. The number of aliphatic hydroxyl groups excluding tert-OH is 1. The van der Waals surface area contributed by atoms with Crippen LogP contribution in [0.5, 0.6) is 17.4 Å². The number of aromatic amines is 1. The molecule has 1 atom stereocenters.